The van der Waals surface area contributed by atoms with Gasteiger partial charge in [0, 0.05) is 17.9 Å². The summed E-state index contributed by atoms with van der Waals surface area (Å²) in [5.41, 5.74) is 13.0. The number of hydrogen-bond acceptors (Lipinski definition) is 3. The van der Waals surface area contributed by atoms with Gasteiger partial charge in [-0.2, -0.15) is 0 Å². The van der Waals surface area contributed by atoms with Crippen molar-refractivity contribution in [3.05, 3.63) is 36.4 Å². The van der Waals surface area contributed by atoms with E-state index in [2.05, 4.69) is 24.6 Å². The van der Waals surface area contributed by atoms with Gasteiger partial charge in [0.25, 0.3) is 0 Å². The van der Waals surface area contributed by atoms with Gasteiger partial charge in [0.2, 0.25) is 0 Å². The summed E-state index contributed by atoms with van der Waals surface area (Å²) in [5.74, 6) is 0. The molecule has 0 fully saturated rings. The van der Waals surface area contributed by atoms with Crippen molar-refractivity contribution in [2.45, 2.75) is 19.8 Å². The molecule has 0 saturated heterocycles. The van der Waals surface area contributed by atoms with Gasteiger partial charge in [0.15, 0.2) is 0 Å². The Morgan fingerprint density at radius 1 is 1.25 bits per heavy atom. The van der Waals surface area contributed by atoms with Crippen LogP contribution in [0.3, 0.4) is 0 Å². The standard InChI is InChI=1S/C12H18N2.CH5N/c1-3-4-9-14-10(2)11-5-7-12(13)8-6-11;1-2/h5-8,14H,2-4,9,13H2,1H3;2H2,1H3. The summed E-state index contributed by atoms with van der Waals surface area (Å²) in [5, 5.41) is 3.28. The molecule has 0 aliphatic heterocycles. The van der Waals surface area contributed by atoms with Crippen molar-refractivity contribution < 1.29 is 0 Å². The molecule has 0 aliphatic carbocycles. The zero-order chi connectivity index (χ0) is 12.4. The highest BCUT2D eigenvalue weighted by atomic mass is 14.9. The number of nitrogens with one attached hydrogen (secondary N) is 1. The van der Waals surface area contributed by atoms with E-state index in [1.807, 2.05) is 24.3 Å². The van der Waals surface area contributed by atoms with Gasteiger partial charge < -0.3 is 16.8 Å². The number of hydrogen-bond donors (Lipinski definition) is 3. The Balaban J connectivity index is 0.00000106. The minimum Gasteiger partial charge on any atom is -0.399 e. The van der Waals surface area contributed by atoms with Crippen molar-refractivity contribution in [3.8, 4) is 0 Å². The van der Waals surface area contributed by atoms with E-state index in [0.29, 0.717) is 0 Å². The fourth-order valence-electron chi connectivity index (χ4n) is 1.20. The molecule has 0 aromatic heterocycles. The zero-order valence-corrected chi connectivity index (χ0v) is 10.3. The highest BCUT2D eigenvalue weighted by molar-refractivity contribution is 5.63. The largest absolute Gasteiger partial charge is 0.399 e. The summed E-state index contributed by atoms with van der Waals surface area (Å²) >= 11 is 0. The molecule has 0 atom stereocenters. The van der Waals surface area contributed by atoms with Crippen LogP contribution in [0.5, 0.6) is 0 Å². The van der Waals surface area contributed by atoms with Crippen molar-refractivity contribution in [3.63, 3.8) is 0 Å². The summed E-state index contributed by atoms with van der Waals surface area (Å²) < 4.78 is 0. The molecule has 0 amide bonds. The summed E-state index contributed by atoms with van der Waals surface area (Å²) in [6.07, 6.45) is 2.37. The SMILES string of the molecule is C=C(NCCCC)c1ccc(N)cc1.CN. The van der Waals surface area contributed by atoms with E-state index in [1.165, 1.54) is 19.9 Å². The molecule has 0 unspecified atom stereocenters. The maximum Gasteiger partial charge on any atom is 0.0340 e. The van der Waals surface area contributed by atoms with E-state index in [1.54, 1.807) is 0 Å². The Bertz CT molecular complexity index is 291. The molecular weight excluding hydrogens is 198 g/mol. The number of unbranched alkanes of at least 4 members (excludes halogenated alkanes) is 1. The zero-order valence-electron chi connectivity index (χ0n) is 10.3. The third kappa shape index (κ3) is 5.41. The first-order valence-corrected chi connectivity index (χ1v) is 5.60. The number of nitrogen functional groups attached to an aromatic ring is 1. The minimum atomic E-state index is 0.787. The molecule has 0 spiro atoms. The molecule has 0 radical (unpaired) electrons. The van der Waals surface area contributed by atoms with Crippen LogP contribution in [0.1, 0.15) is 25.3 Å². The van der Waals surface area contributed by atoms with Crippen LogP contribution in [-0.2, 0) is 0 Å². The second-order valence-electron chi connectivity index (χ2n) is 3.38. The fraction of sp³-hybridized carbons (Fsp3) is 0.385. The third-order valence-corrected chi connectivity index (χ3v) is 2.13. The normalized spacial score (nSPS) is 8.94. The molecule has 90 valence electrons. The van der Waals surface area contributed by atoms with Crippen LogP contribution in [0.25, 0.3) is 5.70 Å². The molecule has 1 aromatic rings. The first-order chi connectivity index (χ1) is 7.74. The molecular formula is C13H23N3. The maximum absolute atomic E-state index is 5.60. The number of anilines is 1. The van der Waals surface area contributed by atoms with Crippen LogP contribution in [0.15, 0.2) is 30.8 Å². The van der Waals surface area contributed by atoms with Crippen LogP contribution in [0.4, 0.5) is 5.69 Å². The lowest BCUT2D eigenvalue weighted by molar-refractivity contribution is 0.745. The van der Waals surface area contributed by atoms with Crippen molar-refractivity contribution in [1.29, 1.82) is 0 Å². The van der Waals surface area contributed by atoms with Crippen LogP contribution < -0.4 is 16.8 Å². The van der Waals surface area contributed by atoms with Crippen molar-refractivity contribution >= 4 is 11.4 Å². The summed E-state index contributed by atoms with van der Waals surface area (Å²) in [4.78, 5) is 0. The lowest BCUT2D eigenvalue weighted by Crippen LogP contribution is -2.12. The average Bonchev–Trinajstić information content (AvgIpc) is 2.33. The fourth-order valence-corrected chi connectivity index (χ4v) is 1.20. The van der Waals surface area contributed by atoms with Gasteiger partial charge in [-0.25, -0.2) is 0 Å². The van der Waals surface area contributed by atoms with Crippen molar-refractivity contribution in [2.24, 2.45) is 5.73 Å². The quantitative estimate of drug-likeness (QED) is 0.527. The van der Waals surface area contributed by atoms with Gasteiger partial charge >= 0.3 is 0 Å². The second kappa shape index (κ2) is 8.80. The number of benzene rings is 1. The highest BCUT2D eigenvalue weighted by Crippen LogP contribution is 2.11. The average molecular weight is 221 g/mol. The topological polar surface area (TPSA) is 64.1 Å². The molecule has 0 saturated carbocycles. The van der Waals surface area contributed by atoms with Crippen LogP contribution in [-0.4, -0.2) is 13.6 Å². The van der Waals surface area contributed by atoms with Gasteiger partial charge in [-0.3, -0.25) is 0 Å². The van der Waals surface area contributed by atoms with Crippen LogP contribution in [0.2, 0.25) is 0 Å². The van der Waals surface area contributed by atoms with Gasteiger partial charge in [-0.15, -0.1) is 0 Å². The van der Waals surface area contributed by atoms with E-state index < -0.39 is 0 Å². The van der Waals surface area contributed by atoms with E-state index in [-0.39, 0.29) is 0 Å². The maximum atomic E-state index is 5.60. The molecule has 0 bridgehead atoms. The molecule has 1 rings (SSSR count). The van der Waals surface area contributed by atoms with Gasteiger partial charge in [-0.1, -0.05) is 32.1 Å². The molecule has 3 nitrogen and oxygen atoms in total. The Morgan fingerprint density at radius 3 is 2.31 bits per heavy atom. The lowest BCUT2D eigenvalue weighted by atomic mass is 10.1. The van der Waals surface area contributed by atoms with E-state index in [4.69, 9.17) is 5.73 Å². The van der Waals surface area contributed by atoms with Crippen LogP contribution in [0, 0.1) is 0 Å². The molecule has 1 aromatic carbocycles. The van der Waals surface area contributed by atoms with Crippen molar-refractivity contribution in [1.82, 2.24) is 5.32 Å². The number of nitrogens with two attached hydrogens (primary N) is 2. The summed E-state index contributed by atoms with van der Waals surface area (Å²) in [7, 11) is 1.50. The molecule has 0 aliphatic rings. The molecule has 16 heavy (non-hydrogen) atoms. The van der Waals surface area contributed by atoms with Crippen LogP contribution >= 0.6 is 0 Å². The van der Waals surface area contributed by atoms with Gasteiger partial charge in [-0.05, 0) is 31.2 Å². The van der Waals surface area contributed by atoms with Gasteiger partial charge in [0.1, 0.15) is 0 Å². The smallest absolute Gasteiger partial charge is 0.0340 e. The lowest BCUT2D eigenvalue weighted by Gasteiger charge is -2.09. The van der Waals surface area contributed by atoms with E-state index in [0.717, 1.165) is 23.5 Å². The van der Waals surface area contributed by atoms with Crippen molar-refractivity contribution in [2.75, 3.05) is 19.3 Å². The second-order valence-corrected chi connectivity index (χ2v) is 3.38. The third-order valence-electron chi connectivity index (χ3n) is 2.13. The Hall–Kier alpha value is -1.48. The Labute approximate surface area is 98.5 Å². The first-order valence-electron chi connectivity index (χ1n) is 5.60. The highest BCUT2D eigenvalue weighted by Gasteiger charge is 1.96. The van der Waals surface area contributed by atoms with E-state index in [9.17, 15) is 0 Å². The molecule has 3 heteroatoms. The first kappa shape index (κ1) is 14.5. The monoisotopic (exact) mass is 221 g/mol. The molecule has 0 heterocycles. The Kier molecular flexibility index (Phi) is 7.98. The predicted molar refractivity (Wildman–Crippen MR) is 72.9 cm³/mol. The van der Waals surface area contributed by atoms with Gasteiger partial charge in [0.05, 0.1) is 0 Å². The predicted octanol–water partition coefficient (Wildman–Crippen LogP) is 2.20. The van der Waals surface area contributed by atoms with E-state index >= 15 is 0 Å². The Morgan fingerprint density at radius 2 is 1.81 bits per heavy atom. The number of rotatable bonds is 5. The molecule has 5 N–H and O–H groups in total. The summed E-state index contributed by atoms with van der Waals surface area (Å²) in [6.45, 7) is 7.13. The summed E-state index contributed by atoms with van der Waals surface area (Å²) in [6, 6.07) is 7.75. The minimum absolute atomic E-state index is 0.787.